The van der Waals surface area contributed by atoms with Crippen LogP contribution in [0.2, 0.25) is 0 Å². The summed E-state index contributed by atoms with van der Waals surface area (Å²) in [5.41, 5.74) is -0.654. The number of carbonyl (C=O) groups is 1. The first-order chi connectivity index (χ1) is 7.95. The van der Waals surface area contributed by atoms with Gasteiger partial charge in [0.25, 0.3) is 0 Å². The van der Waals surface area contributed by atoms with Crippen LogP contribution < -0.4 is 5.32 Å². The molecule has 0 radical (unpaired) electrons. The zero-order valence-corrected chi connectivity index (χ0v) is 9.81. The van der Waals surface area contributed by atoms with Gasteiger partial charge in [-0.2, -0.15) is 25.8 Å². The van der Waals surface area contributed by atoms with Gasteiger partial charge in [0.05, 0.1) is 5.56 Å². The Bertz CT molecular complexity index is 393. The predicted molar refractivity (Wildman–Crippen MR) is 61.8 cm³/mol. The third-order valence-corrected chi connectivity index (χ3v) is 2.36. The van der Waals surface area contributed by atoms with E-state index in [0.29, 0.717) is 5.75 Å². The standard InChI is InChI=1S/C11H12F3NOS/c12-11(13,14)9-4-2-1-3-8(9)7-15-10(16)5-6-17/h1-4,17H,5-7H2,(H,15,16). The Balaban J connectivity index is 2.74. The van der Waals surface area contributed by atoms with Crippen molar-refractivity contribution in [3.63, 3.8) is 0 Å². The minimum atomic E-state index is -4.40. The number of nitrogens with one attached hydrogen (secondary N) is 1. The molecule has 94 valence electrons. The maximum atomic E-state index is 12.6. The van der Waals surface area contributed by atoms with Gasteiger partial charge in [-0.25, -0.2) is 0 Å². The van der Waals surface area contributed by atoms with Crippen LogP contribution in [0.1, 0.15) is 17.5 Å². The Kier molecular flexibility index (Phi) is 4.86. The van der Waals surface area contributed by atoms with Gasteiger partial charge in [-0.05, 0) is 17.4 Å². The highest BCUT2D eigenvalue weighted by Crippen LogP contribution is 2.31. The molecule has 0 saturated carbocycles. The number of amides is 1. The summed E-state index contributed by atoms with van der Waals surface area (Å²) in [7, 11) is 0. The molecule has 0 aromatic heterocycles. The molecule has 0 aliphatic carbocycles. The topological polar surface area (TPSA) is 29.1 Å². The summed E-state index contributed by atoms with van der Waals surface area (Å²) < 4.78 is 37.8. The van der Waals surface area contributed by atoms with E-state index in [2.05, 4.69) is 17.9 Å². The smallest absolute Gasteiger partial charge is 0.352 e. The molecular weight excluding hydrogens is 251 g/mol. The lowest BCUT2D eigenvalue weighted by Crippen LogP contribution is -2.24. The predicted octanol–water partition coefficient (Wildman–Crippen LogP) is 2.64. The summed E-state index contributed by atoms with van der Waals surface area (Å²) in [6.45, 7) is -0.123. The van der Waals surface area contributed by atoms with E-state index in [1.54, 1.807) is 0 Å². The van der Waals surface area contributed by atoms with Crippen LogP contribution in [0.3, 0.4) is 0 Å². The van der Waals surface area contributed by atoms with Gasteiger partial charge in [0.1, 0.15) is 0 Å². The molecule has 0 atom stereocenters. The maximum absolute atomic E-state index is 12.6. The second-order valence-corrected chi connectivity index (χ2v) is 3.85. The molecule has 0 bridgehead atoms. The van der Waals surface area contributed by atoms with E-state index < -0.39 is 11.7 Å². The van der Waals surface area contributed by atoms with Crippen LogP contribution in [0, 0.1) is 0 Å². The zero-order valence-electron chi connectivity index (χ0n) is 8.92. The van der Waals surface area contributed by atoms with Crippen molar-refractivity contribution in [2.24, 2.45) is 0 Å². The summed E-state index contributed by atoms with van der Waals surface area (Å²) >= 11 is 3.87. The van der Waals surface area contributed by atoms with E-state index in [1.165, 1.54) is 18.2 Å². The van der Waals surface area contributed by atoms with E-state index in [1.807, 2.05) is 0 Å². The molecule has 0 aliphatic rings. The van der Waals surface area contributed by atoms with Crippen molar-refractivity contribution in [1.29, 1.82) is 0 Å². The van der Waals surface area contributed by atoms with Gasteiger partial charge >= 0.3 is 6.18 Å². The highest BCUT2D eigenvalue weighted by Gasteiger charge is 2.32. The number of hydrogen-bond donors (Lipinski definition) is 2. The fourth-order valence-electron chi connectivity index (χ4n) is 1.33. The van der Waals surface area contributed by atoms with Crippen LogP contribution in [-0.4, -0.2) is 11.7 Å². The Labute approximate surface area is 103 Å². The highest BCUT2D eigenvalue weighted by molar-refractivity contribution is 7.80. The Hall–Kier alpha value is -1.17. The fraction of sp³-hybridized carbons (Fsp3) is 0.364. The summed E-state index contributed by atoms with van der Waals surface area (Å²) in [6.07, 6.45) is -4.21. The monoisotopic (exact) mass is 263 g/mol. The molecule has 0 unspecified atom stereocenters. The van der Waals surface area contributed by atoms with Gasteiger partial charge in [0, 0.05) is 13.0 Å². The lowest BCUT2D eigenvalue weighted by atomic mass is 10.1. The maximum Gasteiger partial charge on any atom is 0.416 e. The third-order valence-electron chi connectivity index (χ3n) is 2.14. The minimum absolute atomic E-state index is 0.0625. The summed E-state index contributed by atoms with van der Waals surface area (Å²) in [4.78, 5) is 11.1. The van der Waals surface area contributed by atoms with E-state index >= 15 is 0 Å². The summed E-state index contributed by atoms with van der Waals surface area (Å²) in [5.74, 6) is 0.0595. The summed E-state index contributed by atoms with van der Waals surface area (Å²) in [5, 5.41) is 2.42. The number of carbonyl (C=O) groups excluding carboxylic acids is 1. The van der Waals surface area contributed by atoms with Crippen molar-refractivity contribution < 1.29 is 18.0 Å². The largest absolute Gasteiger partial charge is 0.416 e. The molecule has 1 aromatic rings. The van der Waals surface area contributed by atoms with Crippen LogP contribution in [0.5, 0.6) is 0 Å². The summed E-state index contributed by atoms with van der Waals surface area (Å²) in [6, 6.07) is 5.18. The molecule has 2 nitrogen and oxygen atoms in total. The van der Waals surface area contributed by atoms with E-state index in [-0.39, 0.29) is 24.4 Å². The number of thiol groups is 1. The number of rotatable bonds is 4. The van der Waals surface area contributed by atoms with E-state index in [4.69, 9.17) is 0 Å². The molecule has 1 aromatic carbocycles. The average Bonchev–Trinajstić information content (AvgIpc) is 2.26. The number of halogens is 3. The van der Waals surface area contributed by atoms with Crippen LogP contribution in [0.15, 0.2) is 24.3 Å². The molecule has 0 saturated heterocycles. The van der Waals surface area contributed by atoms with Crippen molar-refractivity contribution in [2.45, 2.75) is 19.1 Å². The lowest BCUT2D eigenvalue weighted by Gasteiger charge is -2.13. The molecule has 0 aliphatic heterocycles. The van der Waals surface area contributed by atoms with Gasteiger partial charge < -0.3 is 5.32 Å². The molecule has 0 fully saturated rings. The number of benzene rings is 1. The normalized spacial score (nSPS) is 11.3. The van der Waals surface area contributed by atoms with Crippen molar-refractivity contribution in [2.75, 3.05) is 5.75 Å². The van der Waals surface area contributed by atoms with Crippen LogP contribution in [0.25, 0.3) is 0 Å². The van der Waals surface area contributed by atoms with Crippen molar-refractivity contribution in [3.8, 4) is 0 Å². The van der Waals surface area contributed by atoms with Gasteiger partial charge in [-0.15, -0.1) is 0 Å². The van der Waals surface area contributed by atoms with E-state index in [9.17, 15) is 18.0 Å². The number of alkyl halides is 3. The van der Waals surface area contributed by atoms with Crippen molar-refractivity contribution in [1.82, 2.24) is 5.32 Å². The van der Waals surface area contributed by atoms with Gasteiger partial charge in [0.2, 0.25) is 5.91 Å². The Morgan fingerprint density at radius 2 is 1.94 bits per heavy atom. The molecule has 0 spiro atoms. The zero-order chi connectivity index (χ0) is 12.9. The van der Waals surface area contributed by atoms with Crippen LogP contribution in [-0.2, 0) is 17.5 Å². The quantitative estimate of drug-likeness (QED) is 0.803. The first kappa shape index (κ1) is 13.9. The average molecular weight is 263 g/mol. The molecular formula is C11H12F3NOS. The van der Waals surface area contributed by atoms with Crippen LogP contribution in [0.4, 0.5) is 13.2 Å². The third kappa shape index (κ3) is 4.30. The molecule has 1 amide bonds. The molecule has 0 heterocycles. The van der Waals surface area contributed by atoms with Crippen molar-refractivity contribution >= 4 is 18.5 Å². The first-order valence-corrected chi connectivity index (χ1v) is 5.61. The molecule has 1 N–H and O–H groups in total. The molecule has 1 rings (SSSR count). The molecule has 6 heteroatoms. The Morgan fingerprint density at radius 1 is 1.29 bits per heavy atom. The van der Waals surface area contributed by atoms with Gasteiger partial charge in [0.15, 0.2) is 0 Å². The molecule has 17 heavy (non-hydrogen) atoms. The lowest BCUT2D eigenvalue weighted by molar-refractivity contribution is -0.138. The fourth-order valence-corrected chi connectivity index (χ4v) is 1.54. The second-order valence-electron chi connectivity index (χ2n) is 3.41. The van der Waals surface area contributed by atoms with Gasteiger partial charge in [-0.3, -0.25) is 4.79 Å². The minimum Gasteiger partial charge on any atom is -0.352 e. The van der Waals surface area contributed by atoms with E-state index in [0.717, 1.165) is 6.07 Å². The highest BCUT2D eigenvalue weighted by atomic mass is 32.1. The SMILES string of the molecule is O=C(CCS)NCc1ccccc1C(F)(F)F. The first-order valence-electron chi connectivity index (χ1n) is 4.98. The number of hydrogen-bond acceptors (Lipinski definition) is 2. The van der Waals surface area contributed by atoms with Crippen molar-refractivity contribution in [3.05, 3.63) is 35.4 Å². The second kappa shape index (κ2) is 5.95. The van der Waals surface area contributed by atoms with Gasteiger partial charge in [-0.1, -0.05) is 18.2 Å². The Morgan fingerprint density at radius 3 is 2.53 bits per heavy atom. The van der Waals surface area contributed by atoms with Crippen LogP contribution >= 0.6 is 12.6 Å².